The molecule has 3 aromatic carbocycles. The fourth-order valence-electron chi connectivity index (χ4n) is 6.02. The summed E-state index contributed by atoms with van der Waals surface area (Å²) in [6, 6.07) is 19.7. The smallest absolute Gasteiger partial charge is 0.354 e. The minimum Gasteiger partial charge on any atom is -0.497 e. The minimum atomic E-state index is -0.776. The van der Waals surface area contributed by atoms with E-state index in [4.69, 9.17) is 9.47 Å². The largest absolute Gasteiger partial charge is 0.497 e. The van der Waals surface area contributed by atoms with Crippen molar-refractivity contribution in [3.05, 3.63) is 94.9 Å². The molecule has 37 heavy (non-hydrogen) atoms. The van der Waals surface area contributed by atoms with Gasteiger partial charge in [-0.3, -0.25) is 4.79 Å². The van der Waals surface area contributed by atoms with Crippen LogP contribution in [0.3, 0.4) is 0 Å². The molecule has 0 aliphatic carbocycles. The number of carbonyl (C=O) groups excluding carboxylic acids is 2. The first-order valence-corrected chi connectivity index (χ1v) is 12.1. The fourth-order valence-corrected chi connectivity index (χ4v) is 6.02. The molecule has 7 nitrogen and oxygen atoms in total. The predicted molar refractivity (Wildman–Crippen MR) is 137 cm³/mol. The highest BCUT2D eigenvalue weighted by atomic mass is 19.1. The molecule has 2 aliphatic heterocycles. The van der Waals surface area contributed by atoms with Crippen molar-refractivity contribution >= 4 is 28.5 Å². The van der Waals surface area contributed by atoms with Crippen LogP contribution in [-0.2, 0) is 21.4 Å². The number of fused-ring (bicyclic) bond motifs is 4. The lowest BCUT2D eigenvalue weighted by Gasteiger charge is -2.33. The Hall–Kier alpha value is -4.33. The zero-order chi connectivity index (χ0) is 25.7. The Labute approximate surface area is 213 Å². The van der Waals surface area contributed by atoms with Gasteiger partial charge in [0.15, 0.2) is 0 Å². The van der Waals surface area contributed by atoms with E-state index in [1.807, 2.05) is 53.4 Å². The topological polar surface area (TPSA) is 83.7 Å². The molecule has 1 aromatic heterocycles. The third-order valence-corrected chi connectivity index (χ3v) is 7.66. The van der Waals surface area contributed by atoms with E-state index >= 15 is 0 Å². The van der Waals surface area contributed by atoms with E-state index in [-0.39, 0.29) is 18.0 Å². The van der Waals surface area contributed by atoms with E-state index in [0.717, 1.165) is 22.6 Å². The molecule has 1 saturated heterocycles. The van der Waals surface area contributed by atoms with Crippen LogP contribution in [0.1, 0.15) is 33.6 Å². The molecule has 6 rings (SSSR count). The number of likely N-dealkylation sites (tertiary alicyclic amines) is 1. The summed E-state index contributed by atoms with van der Waals surface area (Å²) >= 11 is 0. The van der Waals surface area contributed by atoms with Gasteiger partial charge in [-0.2, -0.15) is 0 Å². The molecule has 4 aromatic rings. The average Bonchev–Trinajstić information content (AvgIpc) is 3.57. The monoisotopic (exact) mass is 499 g/mol. The van der Waals surface area contributed by atoms with Crippen molar-refractivity contribution in [1.29, 1.82) is 0 Å². The first kappa shape index (κ1) is 23.1. The number of aromatic amines is 1. The SMILES string of the molecule is COC(=O)c1[nH]c2ccc(F)cc2c1C12CCN(C(=O)Cc3ccc(OC)cc3)C1Nc1ccccc12. The summed E-state index contributed by atoms with van der Waals surface area (Å²) < 4.78 is 24.9. The molecule has 0 bridgehead atoms. The number of carbonyl (C=O) groups is 2. The number of hydrogen-bond acceptors (Lipinski definition) is 5. The van der Waals surface area contributed by atoms with Gasteiger partial charge in [0.1, 0.15) is 23.4 Å². The van der Waals surface area contributed by atoms with Crippen molar-refractivity contribution in [2.24, 2.45) is 0 Å². The Morgan fingerprint density at radius 2 is 1.86 bits per heavy atom. The van der Waals surface area contributed by atoms with Crippen molar-refractivity contribution in [1.82, 2.24) is 9.88 Å². The quantitative estimate of drug-likeness (QED) is 0.392. The molecule has 2 unspecified atom stereocenters. The highest BCUT2D eigenvalue weighted by molar-refractivity contribution is 6.00. The van der Waals surface area contributed by atoms with Crippen LogP contribution < -0.4 is 10.1 Å². The normalized spacial score (nSPS) is 19.9. The van der Waals surface area contributed by atoms with Gasteiger partial charge in [-0.25, -0.2) is 9.18 Å². The van der Waals surface area contributed by atoms with Crippen LogP contribution in [0.15, 0.2) is 66.7 Å². The standard InChI is InChI=1S/C29H26FN3O4/c1-36-19-10-7-17(8-11-19)15-24(34)33-14-13-29(21-5-3-4-6-23(21)32-28(29)33)25-20-16-18(30)9-12-22(20)31-26(25)27(35)37-2/h3-12,16,28,31-32H,13-15H2,1-2H3. The third kappa shape index (κ3) is 3.47. The first-order valence-electron chi connectivity index (χ1n) is 12.1. The van der Waals surface area contributed by atoms with Gasteiger partial charge in [0.05, 0.1) is 26.1 Å². The molecule has 0 spiro atoms. The maximum absolute atomic E-state index is 14.5. The molecule has 1 amide bonds. The summed E-state index contributed by atoms with van der Waals surface area (Å²) in [4.78, 5) is 31.7. The van der Waals surface area contributed by atoms with Crippen LogP contribution in [0.2, 0.25) is 0 Å². The van der Waals surface area contributed by atoms with Crippen LogP contribution in [0.5, 0.6) is 5.75 Å². The van der Waals surface area contributed by atoms with E-state index in [1.54, 1.807) is 13.2 Å². The highest BCUT2D eigenvalue weighted by Crippen LogP contribution is 2.55. The van der Waals surface area contributed by atoms with Crippen LogP contribution in [0, 0.1) is 5.82 Å². The summed E-state index contributed by atoms with van der Waals surface area (Å²) in [6.07, 6.45) is 0.325. The zero-order valence-electron chi connectivity index (χ0n) is 20.5. The van der Waals surface area contributed by atoms with Crippen molar-refractivity contribution in [2.45, 2.75) is 24.4 Å². The number of halogens is 1. The Morgan fingerprint density at radius 3 is 2.62 bits per heavy atom. The first-order chi connectivity index (χ1) is 18.0. The second-order valence-electron chi connectivity index (χ2n) is 9.48. The maximum Gasteiger partial charge on any atom is 0.354 e. The van der Waals surface area contributed by atoms with Crippen LogP contribution >= 0.6 is 0 Å². The number of anilines is 1. The number of aromatic nitrogens is 1. The third-order valence-electron chi connectivity index (χ3n) is 7.66. The number of para-hydroxylation sites is 1. The number of nitrogens with one attached hydrogen (secondary N) is 2. The van der Waals surface area contributed by atoms with Gasteiger partial charge in [0, 0.05) is 28.7 Å². The highest BCUT2D eigenvalue weighted by Gasteiger charge is 2.58. The Balaban J connectivity index is 1.49. The molecule has 0 radical (unpaired) electrons. The summed E-state index contributed by atoms with van der Waals surface area (Å²) in [5.74, 6) is -0.247. The number of H-pyrrole nitrogens is 1. The van der Waals surface area contributed by atoms with E-state index < -0.39 is 23.4 Å². The fraction of sp³-hybridized carbons (Fsp3) is 0.241. The molecule has 8 heteroatoms. The molecular weight excluding hydrogens is 473 g/mol. The molecule has 2 atom stereocenters. The lowest BCUT2D eigenvalue weighted by molar-refractivity contribution is -0.131. The van der Waals surface area contributed by atoms with Gasteiger partial charge in [-0.15, -0.1) is 0 Å². The van der Waals surface area contributed by atoms with Crippen molar-refractivity contribution in [3.63, 3.8) is 0 Å². The number of esters is 1. The summed E-state index contributed by atoms with van der Waals surface area (Å²) in [5.41, 5.74) is 3.51. The van der Waals surface area contributed by atoms with Crippen molar-refractivity contribution in [3.8, 4) is 5.75 Å². The number of rotatable bonds is 5. The second kappa shape index (κ2) is 8.65. The number of amides is 1. The summed E-state index contributed by atoms with van der Waals surface area (Å²) in [6.45, 7) is 0.476. The van der Waals surface area contributed by atoms with Gasteiger partial charge in [-0.05, 0) is 53.9 Å². The summed E-state index contributed by atoms with van der Waals surface area (Å²) in [5, 5.41) is 4.15. The molecule has 2 aliphatic rings. The lowest BCUT2D eigenvalue weighted by Crippen LogP contribution is -2.47. The number of hydrogen-bond donors (Lipinski definition) is 2. The average molecular weight is 500 g/mol. The Kier molecular flexibility index (Phi) is 5.40. The van der Waals surface area contributed by atoms with Crippen LogP contribution in [0.4, 0.5) is 10.1 Å². The van der Waals surface area contributed by atoms with E-state index in [2.05, 4.69) is 10.3 Å². The number of ether oxygens (including phenoxy) is 2. The zero-order valence-corrected chi connectivity index (χ0v) is 20.5. The van der Waals surface area contributed by atoms with Crippen molar-refractivity contribution < 1.29 is 23.5 Å². The minimum absolute atomic E-state index is 0.0389. The van der Waals surface area contributed by atoms with E-state index in [1.165, 1.54) is 19.2 Å². The molecule has 1 fully saturated rings. The molecule has 188 valence electrons. The van der Waals surface area contributed by atoms with Gasteiger partial charge in [0.2, 0.25) is 5.91 Å². The second-order valence-corrected chi connectivity index (χ2v) is 9.48. The van der Waals surface area contributed by atoms with Gasteiger partial charge >= 0.3 is 5.97 Å². The van der Waals surface area contributed by atoms with Crippen LogP contribution in [-0.4, -0.2) is 48.7 Å². The molecular formula is C29H26FN3O4. The van der Waals surface area contributed by atoms with Crippen molar-refractivity contribution in [2.75, 3.05) is 26.1 Å². The number of benzene rings is 3. The Bertz CT molecular complexity index is 1530. The van der Waals surface area contributed by atoms with Crippen LogP contribution in [0.25, 0.3) is 10.9 Å². The maximum atomic E-state index is 14.5. The number of nitrogens with zero attached hydrogens (tertiary/aromatic N) is 1. The van der Waals surface area contributed by atoms with Gasteiger partial charge < -0.3 is 24.7 Å². The predicted octanol–water partition coefficient (Wildman–Crippen LogP) is 4.61. The molecule has 2 N–H and O–H groups in total. The van der Waals surface area contributed by atoms with Gasteiger partial charge in [0.25, 0.3) is 0 Å². The summed E-state index contributed by atoms with van der Waals surface area (Å²) in [7, 11) is 2.93. The Morgan fingerprint density at radius 1 is 1.08 bits per heavy atom. The molecule has 3 heterocycles. The lowest BCUT2D eigenvalue weighted by atomic mass is 9.72. The van der Waals surface area contributed by atoms with Gasteiger partial charge in [-0.1, -0.05) is 30.3 Å². The number of methoxy groups -OCH3 is 2. The van der Waals surface area contributed by atoms with E-state index in [0.29, 0.717) is 29.4 Å². The van der Waals surface area contributed by atoms with E-state index in [9.17, 15) is 14.0 Å². The molecule has 0 saturated carbocycles.